The number of methoxy groups -OCH3 is 1. The molecule has 10 heteroatoms. The van der Waals surface area contributed by atoms with Gasteiger partial charge in [0.05, 0.1) is 12.9 Å². The first kappa shape index (κ1) is 18.2. The summed E-state index contributed by atoms with van der Waals surface area (Å²) in [4.78, 5) is 29.9. The van der Waals surface area contributed by atoms with Gasteiger partial charge in [0.15, 0.2) is 0 Å². The van der Waals surface area contributed by atoms with E-state index >= 15 is 0 Å². The molecular formula is C14H19F3N4O3. The van der Waals surface area contributed by atoms with E-state index in [-0.39, 0.29) is 19.1 Å². The minimum Gasteiger partial charge on any atom is -0.375 e. The summed E-state index contributed by atoms with van der Waals surface area (Å²) < 4.78 is 43.6. The molecular weight excluding hydrogens is 329 g/mol. The van der Waals surface area contributed by atoms with Crippen LogP contribution in [0.2, 0.25) is 0 Å². The third-order valence-electron chi connectivity index (χ3n) is 3.96. The van der Waals surface area contributed by atoms with Crippen molar-refractivity contribution >= 4 is 11.8 Å². The van der Waals surface area contributed by atoms with Crippen molar-refractivity contribution in [3.05, 3.63) is 18.7 Å². The largest absolute Gasteiger partial charge is 0.405 e. The Balaban J connectivity index is 2.24. The fraction of sp³-hybridized carbons (Fsp3) is 0.643. The van der Waals surface area contributed by atoms with Gasteiger partial charge in [0.25, 0.3) is 0 Å². The standard InChI is InChI=1S/C14H19F3N4O3/c1-24-7-11(22)20-5-2-3-13(9-20,21-6-4-18-10-21)12(23)19-8-14(15,16)17/h4,6,10H,2-3,5,7-9H2,1H3,(H,19,23). The summed E-state index contributed by atoms with van der Waals surface area (Å²) in [5.74, 6) is -1.10. The van der Waals surface area contributed by atoms with Gasteiger partial charge < -0.3 is 19.5 Å². The van der Waals surface area contributed by atoms with Crippen LogP contribution in [0.5, 0.6) is 0 Å². The van der Waals surface area contributed by atoms with Crippen LogP contribution in [0.25, 0.3) is 0 Å². The molecule has 1 aliphatic rings. The summed E-state index contributed by atoms with van der Waals surface area (Å²) in [6.45, 7) is -1.18. The molecule has 1 N–H and O–H groups in total. The lowest BCUT2D eigenvalue weighted by atomic mass is 9.87. The van der Waals surface area contributed by atoms with Crippen LogP contribution in [-0.2, 0) is 19.9 Å². The van der Waals surface area contributed by atoms with Crippen molar-refractivity contribution < 1.29 is 27.5 Å². The highest BCUT2D eigenvalue weighted by molar-refractivity contribution is 5.86. The van der Waals surface area contributed by atoms with Gasteiger partial charge in [-0.1, -0.05) is 0 Å². The van der Waals surface area contributed by atoms with Gasteiger partial charge in [-0.15, -0.1) is 0 Å². The Hall–Kier alpha value is -2.10. The number of aromatic nitrogens is 2. The predicted octanol–water partition coefficient (Wildman–Crippen LogP) is 0.526. The Bertz CT molecular complexity index is 576. The number of alkyl halides is 3. The lowest BCUT2D eigenvalue weighted by molar-refractivity contribution is -0.149. The minimum absolute atomic E-state index is 0.0325. The number of nitrogens with one attached hydrogen (secondary N) is 1. The maximum absolute atomic E-state index is 12.6. The first-order chi connectivity index (χ1) is 11.3. The Kier molecular flexibility index (Phi) is 5.47. The molecule has 0 spiro atoms. The Morgan fingerprint density at radius 2 is 2.17 bits per heavy atom. The Morgan fingerprint density at radius 3 is 2.75 bits per heavy atom. The van der Waals surface area contributed by atoms with Crippen LogP contribution >= 0.6 is 0 Å². The monoisotopic (exact) mass is 348 g/mol. The number of carbonyl (C=O) groups is 2. The zero-order valence-electron chi connectivity index (χ0n) is 13.2. The van der Waals surface area contributed by atoms with Crippen LogP contribution in [0.1, 0.15) is 12.8 Å². The van der Waals surface area contributed by atoms with E-state index in [0.717, 1.165) is 0 Å². The molecule has 2 rings (SSSR count). The first-order valence-electron chi connectivity index (χ1n) is 7.39. The molecule has 2 heterocycles. The minimum atomic E-state index is -4.51. The maximum Gasteiger partial charge on any atom is 0.405 e. The van der Waals surface area contributed by atoms with E-state index < -0.39 is 24.2 Å². The molecule has 1 saturated heterocycles. The van der Waals surface area contributed by atoms with Crippen LogP contribution < -0.4 is 5.32 Å². The number of hydrogen-bond acceptors (Lipinski definition) is 4. The molecule has 0 bridgehead atoms. The molecule has 0 radical (unpaired) electrons. The molecule has 24 heavy (non-hydrogen) atoms. The maximum atomic E-state index is 12.6. The topological polar surface area (TPSA) is 76.5 Å². The number of hydrogen-bond donors (Lipinski definition) is 1. The van der Waals surface area contributed by atoms with E-state index in [9.17, 15) is 22.8 Å². The molecule has 2 amide bonds. The van der Waals surface area contributed by atoms with Crippen molar-refractivity contribution in [1.29, 1.82) is 0 Å². The van der Waals surface area contributed by atoms with Crippen LogP contribution in [0, 0.1) is 0 Å². The van der Waals surface area contributed by atoms with Crippen molar-refractivity contribution in [3.8, 4) is 0 Å². The molecule has 0 saturated carbocycles. The number of piperidine rings is 1. The SMILES string of the molecule is COCC(=O)N1CCCC(C(=O)NCC(F)(F)F)(n2ccnc2)C1. The molecule has 1 aromatic rings. The zero-order chi connectivity index (χ0) is 17.8. The molecule has 1 unspecified atom stereocenters. The normalized spacial score (nSPS) is 21.6. The highest BCUT2D eigenvalue weighted by Gasteiger charge is 2.45. The highest BCUT2D eigenvalue weighted by atomic mass is 19.4. The van der Waals surface area contributed by atoms with Gasteiger partial charge in [0.1, 0.15) is 18.7 Å². The van der Waals surface area contributed by atoms with Crippen LogP contribution in [-0.4, -0.2) is 65.8 Å². The second kappa shape index (κ2) is 7.20. The fourth-order valence-electron chi connectivity index (χ4n) is 2.83. The molecule has 0 aromatic carbocycles. The fourth-order valence-corrected chi connectivity index (χ4v) is 2.83. The average molecular weight is 348 g/mol. The van der Waals surface area contributed by atoms with Gasteiger partial charge in [-0.25, -0.2) is 4.98 Å². The summed E-state index contributed by atoms with van der Waals surface area (Å²) in [5.41, 5.74) is -1.32. The van der Waals surface area contributed by atoms with Gasteiger partial charge in [0, 0.05) is 26.0 Å². The number of rotatable bonds is 5. The van der Waals surface area contributed by atoms with Crippen LogP contribution in [0.4, 0.5) is 13.2 Å². The van der Waals surface area contributed by atoms with E-state index in [1.54, 1.807) is 0 Å². The van der Waals surface area contributed by atoms with Gasteiger partial charge in [0.2, 0.25) is 11.8 Å². The van der Waals surface area contributed by atoms with Gasteiger partial charge in [-0.3, -0.25) is 9.59 Å². The van der Waals surface area contributed by atoms with Gasteiger partial charge in [-0.05, 0) is 12.8 Å². The van der Waals surface area contributed by atoms with Gasteiger partial charge >= 0.3 is 6.18 Å². The van der Waals surface area contributed by atoms with Crippen molar-refractivity contribution in [2.24, 2.45) is 0 Å². The molecule has 1 aromatic heterocycles. The van der Waals surface area contributed by atoms with Crippen molar-refractivity contribution in [2.45, 2.75) is 24.6 Å². The third-order valence-corrected chi connectivity index (χ3v) is 3.96. The predicted molar refractivity (Wildman–Crippen MR) is 77.0 cm³/mol. The number of likely N-dealkylation sites (tertiary alicyclic amines) is 1. The summed E-state index contributed by atoms with van der Waals surface area (Å²) in [5, 5.41) is 1.93. The van der Waals surface area contributed by atoms with Crippen LogP contribution in [0.3, 0.4) is 0 Å². The van der Waals surface area contributed by atoms with E-state index in [0.29, 0.717) is 19.4 Å². The summed E-state index contributed by atoms with van der Waals surface area (Å²) in [6, 6.07) is 0. The van der Waals surface area contributed by atoms with Crippen LogP contribution in [0.15, 0.2) is 18.7 Å². The average Bonchev–Trinajstić information content (AvgIpc) is 3.07. The quantitative estimate of drug-likeness (QED) is 0.842. The van der Waals surface area contributed by atoms with Gasteiger partial charge in [-0.2, -0.15) is 13.2 Å². The van der Waals surface area contributed by atoms with Crippen molar-refractivity contribution in [1.82, 2.24) is 19.8 Å². The lowest BCUT2D eigenvalue weighted by Gasteiger charge is -2.42. The summed E-state index contributed by atoms with van der Waals surface area (Å²) >= 11 is 0. The molecule has 1 atom stereocenters. The smallest absolute Gasteiger partial charge is 0.375 e. The highest BCUT2D eigenvalue weighted by Crippen LogP contribution is 2.30. The third kappa shape index (κ3) is 4.05. The molecule has 1 aliphatic heterocycles. The summed E-state index contributed by atoms with van der Waals surface area (Å²) in [6.07, 6.45) is 0.604. The van der Waals surface area contributed by atoms with Crippen molar-refractivity contribution in [2.75, 3.05) is 33.4 Å². The number of amides is 2. The molecule has 134 valence electrons. The molecule has 1 fully saturated rings. The second-order valence-electron chi connectivity index (χ2n) is 5.65. The van der Waals surface area contributed by atoms with E-state index in [4.69, 9.17) is 4.74 Å². The second-order valence-corrected chi connectivity index (χ2v) is 5.65. The first-order valence-corrected chi connectivity index (χ1v) is 7.39. The Morgan fingerprint density at radius 1 is 1.42 bits per heavy atom. The zero-order valence-corrected chi connectivity index (χ0v) is 13.2. The number of carbonyl (C=O) groups excluding carboxylic acids is 2. The lowest BCUT2D eigenvalue weighted by Crippen LogP contribution is -2.60. The van der Waals surface area contributed by atoms with E-state index in [1.165, 1.54) is 35.3 Å². The van der Waals surface area contributed by atoms with E-state index in [1.807, 2.05) is 5.32 Å². The number of ether oxygens (including phenoxy) is 1. The Labute approximate surface area is 136 Å². The molecule has 7 nitrogen and oxygen atoms in total. The molecule has 0 aliphatic carbocycles. The number of imidazole rings is 1. The van der Waals surface area contributed by atoms with Crippen molar-refractivity contribution in [3.63, 3.8) is 0 Å². The summed E-state index contributed by atoms with van der Waals surface area (Å²) in [7, 11) is 1.38. The number of nitrogens with zero attached hydrogens (tertiary/aromatic N) is 3. The van der Waals surface area contributed by atoms with E-state index in [2.05, 4.69) is 4.98 Å². The number of halogens is 3.